The van der Waals surface area contributed by atoms with Crippen LogP contribution in [0.15, 0.2) is 35.5 Å². The zero-order valence-electron chi connectivity index (χ0n) is 15.7. The summed E-state index contributed by atoms with van der Waals surface area (Å²) in [6.07, 6.45) is 5.97. The summed E-state index contributed by atoms with van der Waals surface area (Å²) >= 11 is 0. The maximum Gasteiger partial charge on any atom is 0.317 e. The molecule has 3 rings (SSSR count). The van der Waals surface area contributed by atoms with E-state index in [4.69, 9.17) is 9.57 Å². The second kappa shape index (κ2) is 8.43. The Morgan fingerprint density at radius 1 is 1.31 bits per heavy atom. The van der Waals surface area contributed by atoms with E-state index in [0.29, 0.717) is 12.4 Å². The molecule has 26 heavy (non-hydrogen) atoms. The summed E-state index contributed by atoms with van der Waals surface area (Å²) in [6, 6.07) is 10.3. The number of carbonyl (C=O) groups excluding carboxylic acids is 1. The van der Waals surface area contributed by atoms with Gasteiger partial charge >= 0.3 is 6.03 Å². The fourth-order valence-electron chi connectivity index (χ4n) is 3.51. The SMILES string of the molecule is CC1(C)ON=C(CCCC2CCCCN2C(=O)NCc2ccccc2)O1. The van der Waals surface area contributed by atoms with E-state index in [1.807, 2.05) is 49.1 Å². The molecule has 2 aliphatic rings. The van der Waals surface area contributed by atoms with E-state index in [9.17, 15) is 4.79 Å². The van der Waals surface area contributed by atoms with Gasteiger partial charge in [0.25, 0.3) is 5.79 Å². The lowest BCUT2D eigenvalue weighted by molar-refractivity contribution is -0.129. The molecule has 2 heterocycles. The number of hydrogen-bond donors (Lipinski definition) is 1. The second-order valence-corrected chi connectivity index (χ2v) is 7.46. The molecule has 1 unspecified atom stereocenters. The molecule has 0 spiro atoms. The summed E-state index contributed by atoms with van der Waals surface area (Å²) in [4.78, 5) is 19.9. The molecule has 1 N–H and O–H groups in total. The van der Waals surface area contributed by atoms with Crippen LogP contribution in [0.2, 0.25) is 0 Å². The van der Waals surface area contributed by atoms with Crippen LogP contribution < -0.4 is 5.32 Å². The number of ether oxygens (including phenoxy) is 1. The van der Waals surface area contributed by atoms with E-state index in [1.54, 1.807) is 0 Å². The van der Waals surface area contributed by atoms with E-state index in [0.717, 1.165) is 44.2 Å². The van der Waals surface area contributed by atoms with Crippen LogP contribution in [0.3, 0.4) is 0 Å². The minimum Gasteiger partial charge on any atom is -0.434 e. The Morgan fingerprint density at radius 3 is 2.85 bits per heavy atom. The molecule has 0 saturated carbocycles. The van der Waals surface area contributed by atoms with Gasteiger partial charge in [-0.3, -0.25) is 0 Å². The number of rotatable bonds is 6. The summed E-state index contributed by atoms with van der Waals surface area (Å²) in [5, 5.41) is 7.05. The molecule has 0 aromatic heterocycles. The average Bonchev–Trinajstić information content (AvgIpc) is 3.00. The zero-order valence-corrected chi connectivity index (χ0v) is 15.7. The molecule has 1 atom stereocenters. The van der Waals surface area contributed by atoms with Gasteiger partial charge in [0.1, 0.15) is 0 Å². The molecule has 0 radical (unpaired) electrons. The highest BCUT2D eigenvalue weighted by Crippen LogP contribution is 2.24. The number of carbonyl (C=O) groups is 1. The van der Waals surface area contributed by atoms with Crippen LogP contribution in [0.25, 0.3) is 0 Å². The van der Waals surface area contributed by atoms with Crippen molar-refractivity contribution in [1.82, 2.24) is 10.2 Å². The molecule has 1 aromatic rings. The van der Waals surface area contributed by atoms with Crippen LogP contribution in [0, 0.1) is 0 Å². The third-order valence-corrected chi connectivity index (χ3v) is 4.83. The normalized spacial score (nSPS) is 21.5. The number of piperidine rings is 1. The molecule has 2 amide bonds. The first-order chi connectivity index (χ1) is 12.5. The fraction of sp³-hybridized carbons (Fsp3) is 0.600. The predicted molar refractivity (Wildman–Crippen MR) is 101 cm³/mol. The van der Waals surface area contributed by atoms with Crippen LogP contribution in [0.5, 0.6) is 0 Å². The molecular formula is C20H29N3O3. The minimum absolute atomic E-state index is 0.0393. The first kappa shape index (κ1) is 18.5. The smallest absolute Gasteiger partial charge is 0.317 e. The highest BCUT2D eigenvalue weighted by atomic mass is 16.8. The molecule has 6 nitrogen and oxygen atoms in total. The second-order valence-electron chi connectivity index (χ2n) is 7.46. The topological polar surface area (TPSA) is 63.2 Å². The number of likely N-dealkylation sites (tertiary alicyclic amines) is 1. The van der Waals surface area contributed by atoms with E-state index in [2.05, 4.69) is 10.5 Å². The molecule has 142 valence electrons. The Labute approximate surface area is 155 Å². The Bertz CT molecular complexity index is 630. The fourth-order valence-corrected chi connectivity index (χ4v) is 3.51. The third-order valence-electron chi connectivity index (χ3n) is 4.83. The summed E-state index contributed by atoms with van der Waals surface area (Å²) in [5.74, 6) is 0.00896. The number of oxime groups is 1. The van der Waals surface area contributed by atoms with Crippen molar-refractivity contribution in [2.45, 2.75) is 70.7 Å². The van der Waals surface area contributed by atoms with E-state index < -0.39 is 5.79 Å². The minimum atomic E-state index is -0.649. The van der Waals surface area contributed by atoms with Crippen molar-refractivity contribution in [1.29, 1.82) is 0 Å². The Kier molecular flexibility index (Phi) is 6.01. The van der Waals surface area contributed by atoms with Gasteiger partial charge in [0.15, 0.2) is 0 Å². The number of nitrogens with zero attached hydrogens (tertiary/aromatic N) is 2. The van der Waals surface area contributed by atoms with Crippen molar-refractivity contribution in [3.05, 3.63) is 35.9 Å². The molecule has 1 saturated heterocycles. The predicted octanol–water partition coefficient (Wildman–Crippen LogP) is 4.02. The van der Waals surface area contributed by atoms with Gasteiger partial charge in [-0.25, -0.2) is 4.79 Å². The number of nitrogens with one attached hydrogen (secondary N) is 1. The monoisotopic (exact) mass is 359 g/mol. The van der Waals surface area contributed by atoms with E-state index >= 15 is 0 Å². The summed E-state index contributed by atoms with van der Waals surface area (Å²) in [5.41, 5.74) is 1.12. The summed E-state index contributed by atoms with van der Waals surface area (Å²) in [6.45, 7) is 5.10. The quantitative estimate of drug-likeness (QED) is 0.834. The molecule has 1 fully saturated rings. The highest BCUT2D eigenvalue weighted by Gasteiger charge is 2.30. The average molecular weight is 359 g/mol. The number of hydrogen-bond acceptors (Lipinski definition) is 4. The Hall–Kier alpha value is -2.24. The van der Waals surface area contributed by atoms with Crippen LogP contribution >= 0.6 is 0 Å². The van der Waals surface area contributed by atoms with E-state index in [-0.39, 0.29) is 12.1 Å². The molecule has 6 heteroatoms. The van der Waals surface area contributed by atoms with Gasteiger partial charge in [0.05, 0.1) is 0 Å². The third kappa shape index (κ3) is 5.13. The molecule has 0 bridgehead atoms. The van der Waals surface area contributed by atoms with Crippen LogP contribution in [0.1, 0.15) is 57.9 Å². The van der Waals surface area contributed by atoms with Crippen molar-refractivity contribution in [2.75, 3.05) is 6.54 Å². The lowest BCUT2D eigenvalue weighted by atomic mass is 9.97. The van der Waals surface area contributed by atoms with Gasteiger partial charge in [-0.1, -0.05) is 30.3 Å². The maximum absolute atomic E-state index is 12.6. The molecule has 1 aromatic carbocycles. The van der Waals surface area contributed by atoms with Crippen LogP contribution in [0.4, 0.5) is 4.79 Å². The van der Waals surface area contributed by atoms with Crippen molar-refractivity contribution >= 4 is 11.9 Å². The van der Waals surface area contributed by atoms with Crippen molar-refractivity contribution in [3.8, 4) is 0 Å². The number of amides is 2. The van der Waals surface area contributed by atoms with Crippen molar-refractivity contribution < 1.29 is 14.4 Å². The maximum atomic E-state index is 12.6. The standard InChI is InChI=1S/C20H29N3O3/c1-20(2)25-18(22-26-20)13-8-12-17-11-6-7-14-23(17)19(24)21-15-16-9-4-3-5-10-16/h3-5,9-10,17H,6-8,11-15H2,1-2H3,(H,21,24). The van der Waals surface area contributed by atoms with E-state index in [1.165, 1.54) is 6.42 Å². The van der Waals surface area contributed by atoms with Crippen LogP contribution in [-0.2, 0) is 16.1 Å². The van der Waals surface area contributed by atoms with Gasteiger partial charge in [0, 0.05) is 39.4 Å². The van der Waals surface area contributed by atoms with Gasteiger partial charge in [-0.05, 0) is 42.8 Å². The largest absolute Gasteiger partial charge is 0.434 e. The van der Waals surface area contributed by atoms with Crippen LogP contribution in [-0.4, -0.2) is 35.2 Å². The van der Waals surface area contributed by atoms with Gasteiger partial charge in [-0.15, -0.1) is 0 Å². The first-order valence-corrected chi connectivity index (χ1v) is 9.56. The Morgan fingerprint density at radius 2 is 2.12 bits per heavy atom. The number of benzene rings is 1. The van der Waals surface area contributed by atoms with Crippen molar-refractivity contribution in [3.63, 3.8) is 0 Å². The lowest BCUT2D eigenvalue weighted by Crippen LogP contribution is -2.48. The van der Waals surface area contributed by atoms with Gasteiger partial charge < -0.3 is 19.8 Å². The van der Waals surface area contributed by atoms with Gasteiger partial charge in [-0.2, -0.15) is 0 Å². The highest BCUT2D eigenvalue weighted by molar-refractivity contribution is 5.76. The summed E-state index contributed by atoms with van der Waals surface area (Å²) in [7, 11) is 0. The molecule has 0 aliphatic carbocycles. The first-order valence-electron chi connectivity index (χ1n) is 9.56. The zero-order chi connectivity index (χ0) is 18.4. The summed E-state index contributed by atoms with van der Waals surface area (Å²) < 4.78 is 5.63. The van der Waals surface area contributed by atoms with Crippen molar-refractivity contribution in [2.24, 2.45) is 5.16 Å². The molecule has 2 aliphatic heterocycles. The van der Waals surface area contributed by atoms with Gasteiger partial charge in [0.2, 0.25) is 5.90 Å². The number of urea groups is 1. The Balaban J connectivity index is 1.45. The molecular weight excluding hydrogens is 330 g/mol. The lowest BCUT2D eigenvalue weighted by Gasteiger charge is -2.36.